The van der Waals surface area contributed by atoms with Gasteiger partial charge in [-0.1, -0.05) is 115 Å². The van der Waals surface area contributed by atoms with Gasteiger partial charge >= 0.3 is 0 Å². The summed E-state index contributed by atoms with van der Waals surface area (Å²) in [6, 6.07) is 51.6. The van der Waals surface area contributed by atoms with Crippen molar-refractivity contribution in [1.82, 2.24) is 0 Å². The van der Waals surface area contributed by atoms with Crippen molar-refractivity contribution < 1.29 is 4.74 Å². The summed E-state index contributed by atoms with van der Waals surface area (Å²) in [5.41, 5.74) is 7.61. The molecule has 1 aliphatic rings. The van der Waals surface area contributed by atoms with Gasteiger partial charge in [-0.3, -0.25) is 0 Å². The Bertz CT molecular complexity index is 2440. The Kier molecular flexibility index (Phi) is 5.00. The molecule has 0 aliphatic carbocycles. The van der Waals surface area contributed by atoms with Gasteiger partial charge in [0, 0.05) is 16.3 Å². The number of hydrogen-bond acceptors (Lipinski definition) is 2. The third-order valence-corrected chi connectivity index (χ3v) is 8.89. The fourth-order valence-corrected chi connectivity index (χ4v) is 7.06. The molecule has 2 nitrogen and oxygen atoms in total. The topological polar surface area (TPSA) is 33.0 Å². The predicted octanol–water partition coefficient (Wildman–Crippen LogP) is 11.3. The Hall–Kier alpha value is -5.91. The maximum absolute atomic E-state index is 9.69. The van der Waals surface area contributed by atoms with E-state index in [-0.39, 0.29) is 0 Å². The van der Waals surface area contributed by atoms with Crippen molar-refractivity contribution in [2.24, 2.45) is 0 Å². The van der Waals surface area contributed by atoms with E-state index in [0.29, 0.717) is 5.56 Å². The van der Waals surface area contributed by atoms with Crippen LogP contribution in [-0.2, 0) is 0 Å². The van der Waals surface area contributed by atoms with Crippen LogP contribution in [0.2, 0.25) is 0 Å². The summed E-state index contributed by atoms with van der Waals surface area (Å²) >= 11 is 0. The van der Waals surface area contributed by atoms with E-state index >= 15 is 0 Å². The van der Waals surface area contributed by atoms with Crippen molar-refractivity contribution in [3.05, 3.63) is 145 Å². The Morgan fingerprint density at radius 3 is 1.79 bits per heavy atom. The molecule has 1 aliphatic heterocycles. The van der Waals surface area contributed by atoms with Gasteiger partial charge in [-0.25, -0.2) is 0 Å². The van der Waals surface area contributed by atoms with Gasteiger partial charge in [0.1, 0.15) is 11.5 Å². The van der Waals surface area contributed by atoms with Gasteiger partial charge < -0.3 is 4.74 Å². The predicted molar refractivity (Wildman–Crippen MR) is 178 cm³/mol. The zero-order valence-corrected chi connectivity index (χ0v) is 23.1. The van der Waals surface area contributed by atoms with Crippen LogP contribution in [0, 0.1) is 11.3 Å². The SMILES string of the molecule is N#Cc1ccc2c3c(cccc13)-c1ccc(-c3c4ccccc4c(-c4cccc5ccccc45)c4ccccc34)cc1O2. The molecule has 0 aromatic heterocycles. The number of nitrogens with zero attached hydrogens (tertiary/aromatic N) is 1. The molecule has 2 heteroatoms. The average Bonchev–Trinajstić information content (AvgIpc) is 3.07. The number of benzene rings is 8. The summed E-state index contributed by atoms with van der Waals surface area (Å²) in [6.07, 6.45) is 0. The average molecular weight is 546 g/mol. The van der Waals surface area contributed by atoms with Crippen molar-refractivity contribution in [2.45, 2.75) is 0 Å². The molecule has 0 unspecified atom stereocenters. The molecule has 198 valence electrons. The van der Waals surface area contributed by atoms with Gasteiger partial charge in [0.25, 0.3) is 0 Å². The summed E-state index contributed by atoms with van der Waals surface area (Å²) in [5.74, 6) is 1.61. The van der Waals surface area contributed by atoms with Gasteiger partial charge in [-0.2, -0.15) is 5.26 Å². The fraction of sp³-hybridized carbons (Fsp3) is 0. The molecular weight excluding hydrogens is 522 g/mol. The standard InChI is InChI=1S/C41H23NO/c42-24-27-20-22-37-41-29(27)16-8-18-32(41)30-21-19-26(23-38(30)43-37)39-33-12-3-5-14-35(33)40(36-15-6-4-13-34(36)39)31-17-7-10-25-9-1-2-11-28(25)31/h1-23H. The molecule has 43 heavy (non-hydrogen) atoms. The maximum atomic E-state index is 9.69. The number of nitriles is 1. The molecule has 0 radical (unpaired) electrons. The fourth-order valence-electron chi connectivity index (χ4n) is 7.06. The number of hydrogen-bond donors (Lipinski definition) is 0. The molecule has 0 bridgehead atoms. The van der Waals surface area contributed by atoms with Crippen molar-refractivity contribution in [1.29, 1.82) is 5.26 Å². The third kappa shape index (κ3) is 3.40. The van der Waals surface area contributed by atoms with E-state index in [4.69, 9.17) is 4.74 Å². The highest BCUT2D eigenvalue weighted by Crippen LogP contribution is 2.50. The van der Waals surface area contributed by atoms with E-state index in [0.717, 1.165) is 39.0 Å². The molecule has 8 aromatic carbocycles. The molecule has 1 heterocycles. The molecule has 0 saturated heterocycles. The minimum absolute atomic E-state index is 0.661. The first-order valence-electron chi connectivity index (χ1n) is 14.5. The van der Waals surface area contributed by atoms with E-state index in [1.807, 2.05) is 24.3 Å². The molecular formula is C41H23NO. The monoisotopic (exact) mass is 545 g/mol. The smallest absolute Gasteiger partial charge is 0.136 e. The molecule has 0 atom stereocenters. The minimum Gasteiger partial charge on any atom is -0.456 e. The number of ether oxygens (including phenoxy) is 1. The van der Waals surface area contributed by atoms with Crippen molar-refractivity contribution in [3.8, 4) is 50.9 Å². The van der Waals surface area contributed by atoms with Crippen LogP contribution in [0.5, 0.6) is 11.5 Å². The van der Waals surface area contributed by atoms with Gasteiger partial charge in [0.05, 0.1) is 11.6 Å². The highest BCUT2D eigenvalue weighted by atomic mass is 16.5. The van der Waals surface area contributed by atoms with Gasteiger partial charge in [-0.15, -0.1) is 0 Å². The quantitative estimate of drug-likeness (QED) is 0.202. The summed E-state index contributed by atoms with van der Waals surface area (Å²) in [6.45, 7) is 0. The van der Waals surface area contributed by atoms with Crippen LogP contribution in [0.15, 0.2) is 140 Å². The van der Waals surface area contributed by atoms with Crippen LogP contribution >= 0.6 is 0 Å². The first kappa shape index (κ1) is 23.8. The van der Waals surface area contributed by atoms with E-state index in [1.54, 1.807) is 0 Å². The number of fused-ring (bicyclic) bond motifs is 5. The second-order valence-corrected chi connectivity index (χ2v) is 11.1. The Morgan fingerprint density at radius 1 is 0.442 bits per heavy atom. The van der Waals surface area contributed by atoms with E-state index < -0.39 is 0 Å². The lowest BCUT2D eigenvalue weighted by Gasteiger charge is -2.23. The first-order valence-corrected chi connectivity index (χ1v) is 14.5. The van der Waals surface area contributed by atoms with Crippen LogP contribution in [0.3, 0.4) is 0 Å². The van der Waals surface area contributed by atoms with Gasteiger partial charge in [0.2, 0.25) is 0 Å². The summed E-state index contributed by atoms with van der Waals surface area (Å²) in [4.78, 5) is 0. The highest BCUT2D eigenvalue weighted by Gasteiger charge is 2.23. The van der Waals surface area contributed by atoms with Crippen LogP contribution in [-0.4, -0.2) is 0 Å². The second-order valence-electron chi connectivity index (χ2n) is 11.1. The Morgan fingerprint density at radius 2 is 1.05 bits per heavy atom. The third-order valence-electron chi connectivity index (χ3n) is 8.89. The summed E-state index contributed by atoms with van der Waals surface area (Å²) < 4.78 is 6.57. The molecule has 0 fully saturated rings. The van der Waals surface area contributed by atoms with E-state index in [2.05, 4.69) is 121 Å². The molecule has 9 rings (SSSR count). The zero-order chi connectivity index (χ0) is 28.5. The Balaban J connectivity index is 1.33. The van der Waals surface area contributed by atoms with Crippen molar-refractivity contribution in [2.75, 3.05) is 0 Å². The lowest BCUT2D eigenvalue weighted by molar-refractivity contribution is 0.487. The Labute approximate surface area is 248 Å². The molecule has 0 amide bonds. The van der Waals surface area contributed by atoms with Crippen molar-refractivity contribution >= 4 is 43.1 Å². The lowest BCUT2D eigenvalue weighted by atomic mass is 9.84. The van der Waals surface area contributed by atoms with E-state index in [9.17, 15) is 5.26 Å². The van der Waals surface area contributed by atoms with Crippen LogP contribution in [0.25, 0.3) is 76.5 Å². The largest absolute Gasteiger partial charge is 0.456 e. The number of rotatable bonds is 2. The van der Waals surface area contributed by atoms with E-state index in [1.165, 1.54) is 49.0 Å². The van der Waals surface area contributed by atoms with Crippen LogP contribution in [0.4, 0.5) is 0 Å². The maximum Gasteiger partial charge on any atom is 0.136 e. The van der Waals surface area contributed by atoms with Crippen LogP contribution < -0.4 is 4.74 Å². The lowest BCUT2D eigenvalue weighted by Crippen LogP contribution is -1.99. The minimum atomic E-state index is 0.661. The van der Waals surface area contributed by atoms with Crippen molar-refractivity contribution in [3.63, 3.8) is 0 Å². The summed E-state index contributed by atoms with van der Waals surface area (Å²) in [5, 5.41) is 19.0. The normalized spacial score (nSPS) is 11.9. The molecule has 0 spiro atoms. The summed E-state index contributed by atoms with van der Waals surface area (Å²) in [7, 11) is 0. The first-order chi connectivity index (χ1) is 21.3. The van der Waals surface area contributed by atoms with Gasteiger partial charge in [0.15, 0.2) is 0 Å². The highest BCUT2D eigenvalue weighted by molar-refractivity contribution is 6.23. The molecule has 8 aromatic rings. The zero-order valence-electron chi connectivity index (χ0n) is 23.1. The molecule has 0 saturated carbocycles. The van der Waals surface area contributed by atoms with Crippen LogP contribution in [0.1, 0.15) is 5.56 Å². The second kappa shape index (κ2) is 9.05. The van der Waals surface area contributed by atoms with Gasteiger partial charge in [-0.05, 0) is 84.4 Å². The molecule has 0 N–H and O–H groups in total.